The summed E-state index contributed by atoms with van der Waals surface area (Å²) in [5.74, 6) is -1.24. The van der Waals surface area contributed by atoms with Crippen molar-refractivity contribution in [2.75, 3.05) is 19.6 Å². The van der Waals surface area contributed by atoms with Crippen LogP contribution in [0.1, 0.15) is 24.1 Å². The third-order valence-electron chi connectivity index (χ3n) is 4.66. The minimum atomic E-state index is -0.502. The maximum Gasteiger partial charge on any atom is 0.293 e. The van der Waals surface area contributed by atoms with Gasteiger partial charge in [0.05, 0.1) is 11.4 Å². The van der Waals surface area contributed by atoms with Crippen molar-refractivity contribution in [2.24, 2.45) is 0 Å². The fourth-order valence-electron chi connectivity index (χ4n) is 2.98. The zero-order valence-electron chi connectivity index (χ0n) is 16.7. The molecular formula is C22H21ClFN3O3S. The van der Waals surface area contributed by atoms with Gasteiger partial charge in [0.1, 0.15) is 5.82 Å². The van der Waals surface area contributed by atoms with E-state index in [4.69, 9.17) is 11.6 Å². The second-order valence-electron chi connectivity index (χ2n) is 6.83. The topological polar surface area (TPSA) is 78.5 Å². The molecule has 0 radical (unpaired) electrons. The first kappa shape index (κ1) is 23.0. The van der Waals surface area contributed by atoms with E-state index in [0.29, 0.717) is 5.02 Å². The van der Waals surface area contributed by atoms with Crippen LogP contribution in [-0.2, 0) is 9.59 Å². The summed E-state index contributed by atoms with van der Waals surface area (Å²) in [6.45, 7) is 2.11. The Labute approximate surface area is 188 Å². The van der Waals surface area contributed by atoms with Gasteiger partial charge in [-0.3, -0.25) is 19.3 Å². The van der Waals surface area contributed by atoms with Crippen molar-refractivity contribution < 1.29 is 18.8 Å². The maximum atomic E-state index is 13.8. The van der Waals surface area contributed by atoms with Crippen LogP contribution in [0.2, 0.25) is 5.02 Å². The summed E-state index contributed by atoms with van der Waals surface area (Å²) in [6, 6.07) is 13.3. The van der Waals surface area contributed by atoms with Crippen molar-refractivity contribution in [1.29, 1.82) is 0 Å². The molecule has 0 aromatic heterocycles. The van der Waals surface area contributed by atoms with Gasteiger partial charge >= 0.3 is 0 Å². The molecule has 1 fully saturated rings. The Morgan fingerprint density at radius 1 is 1.19 bits per heavy atom. The van der Waals surface area contributed by atoms with Gasteiger partial charge in [-0.15, -0.1) is 0 Å². The second kappa shape index (κ2) is 10.6. The number of benzene rings is 2. The van der Waals surface area contributed by atoms with Gasteiger partial charge in [0.25, 0.3) is 11.1 Å². The second-order valence-corrected chi connectivity index (χ2v) is 8.23. The molecule has 1 saturated heterocycles. The fourth-order valence-corrected chi connectivity index (χ4v) is 4.13. The van der Waals surface area contributed by atoms with Gasteiger partial charge in [-0.1, -0.05) is 48.0 Å². The van der Waals surface area contributed by atoms with Crippen molar-refractivity contribution in [2.45, 2.75) is 13.0 Å². The van der Waals surface area contributed by atoms with E-state index in [1.54, 1.807) is 18.2 Å². The van der Waals surface area contributed by atoms with Crippen LogP contribution in [0.4, 0.5) is 9.18 Å². The molecule has 3 rings (SSSR count). The molecule has 31 heavy (non-hydrogen) atoms. The Morgan fingerprint density at radius 3 is 2.65 bits per heavy atom. The first-order valence-corrected chi connectivity index (χ1v) is 10.8. The number of imide groups is 1. The number of rotatable bonds is 8. The number of nitrogens with one attached hydrogen (secondary N) is 2. The van der Waals surface area contributed by atoms with Crippen LogP contribution in [-0.4, -0.2) is 41.6 Å². The lowest BCUT2D eigenvalue weighted by Gasteiger charge is -2.16. The van der Waals surface area contributed by atoms with Crippen molar-refractivity contribution >= 4 is 46.5 Å². The predicted octanol–water partition coefficient (Wildman–Crippen LogP) is 3.98. The van der Waals surface area contributed by atoms with Gasteiger partial charge < -0.3 is 10.6 Å². The number of carbonyl (C=O) groups excluding carboxylic acids is 3. The first-order chi connectivity index (χ1) is 14.9. The lowest BCUT2D eigenvalue weighted by Crippen LogP contribution is -2.40. The molecule has 0 aliphatic carbocycles. The molecule has 1 unspecified atom stereocenters. The number of carbonyl (C=O) groups is 3. The van der Waals surface area contributed by atoms with E-state index in [2.05, 4.69) is 10.6 Å². The summed E-state index contributed by atoms with van der Waals surface area (Å²) in [4.78, 5) is 37.9. The van der Waals surface area contributed by atoms with Crippen LogP contribution in [0.15, 0.2) is 53.4 Å². The van der Waals surface area contributed by atoms with Crippen LogP contribution in [0, 0.1) is 5.82 Å². The highest BCUT2D eigenvalue weighted by Crippen LogP contribution is 2.32. The summed E-state index contributed by atoms with van der Waals surface area (Å²) in [7, 11) is 0. The van der Waals surface area contributed by atoms with E-state index in [1.165, 1.54) is 18.2 Å². The highest BCUT2D eigenvalue weighted by molar-refractivity contribution is 8.18. The average molecular weight is 462 g/mol. The molecule has 6 nitrogen and oxygen atoms in total. The van der Waals surface area contributed by atoms with Crippen LogP contribution in [0.3, 0.4) is 0 Å². The van der Waals surface area contributed by atoms with E-state index in [9.17, 15) is 18.8 Å². The van der Waals surface area contributed by atoms with Gasteiger partial charge in [0.15, 0.2) is 0 Å². The van der Waals surface area contributed by atoms with Gasteiger partial charge in [0, 0.05) is 29.7 Å². The molecule has 0 bridgehead atoms. The van der Waals surface area contributed by atoms with Crippen molar-refractivity contribution in [3.8, 4) is 0 Å². The smallest absolute Gasteiger partial charge is 0.293 e. The molecular weight excluding hydrogens is 441 g/mol. The molecule has 1 heterocycles. The molecule has 2 N–H and O–H groups in total. The Kier molecular flexibility index (Phi) is 7.84. The summed E-state index contributed by atoms with van der Waals surface area (Å²) in [5, 5.41) is 5.92. The minimum absolute atomic E-state index is 0.0328. The molecule has 3 amide bonds. The molecule has 1 aliphatic rings. The molecule has 2 aromatic rings. The Hall–Kier alpha value is -2.68. The van der Waals surface area contributed by atoms with E-state index >= 15 is 0 Å². The van der Waals surface area contributed by atoms with Crippen LogP contribution < -0.4 is 10.6 Å². The number of amides is 3. The molecule has 1 atom stereocenters. The van der Waals surface area contributed by atoms with Gasteiger partial charge in [-0.25, -0.2) is 4.39 Å². The van der Waals surface area contributed by atoms with Gasteiger partial charge in [0.2, 0.25) is 5.91 Å². The minimum Gasteiger partial charge on any atom is -0.353 e. The first-order valence-electron chi connectivity index (χ1n) is 9.61. The quantitative estimate of drug-likeness (QED) is 0.581. The largest absolute Gasteiger partial charge is 0.353 e. The number of hydrogen-bond acceptors (Lipinski definition) is 5. The molecule has 9 heteroatoms. The Balaban J connectivity index is 1.47. The Morgan fingerprint density at radius 2 is 1.90 bits per heavy atom. The zero-order valence-corrected chi connectivity index (χ0v) is 18.3. The summed E-state index contributed by atoms with van der Waals surface area (Å²) in [5.41, 5.74) is 1.12. The Bertz CT molecular complexity index is 1030. The average Bonchev–Trinajstić information content (AvgIpc) is 3.01. The van der Waals surface area contributed by atoms with Gasteiger partial charge in [-0.2, -0.15) is 0 Å². The summed E-state index contributed by atoms with van der Waals surface area (Å²) < 4.78 is 13.8. The summed E-state index contributed by atoms with van der Waals surface area (Å²) >= 11 is 6.90. The van der Waals surface area contributed by atoms with E-state index in [0.717, 1.165) is 22.2 Å². The SMILES string of the molecule is CC(NCC(=O)NCCN1C(=O)S/C(=C\c2ccccc2F)C1=O)c1ccccc1Cl. The fraction of sp³-hybridized carbons (Fsp3) is 0.227. The standard InChI is InChI=1S/C22H21ClFN3O3S/c1-14(16-7-3-4-8-17(16)23)26-13-20(28)25-10-11-27-21(29)19(31-22(27)30)12-15-6-2-5-9-18(15)24/h2-9,12,14,26H,10-11,13H2,1H3,(H,25,28)/b19-12-. The molecule has 1 aliphatic heterocycles. The van der Waals surface area contributed by atoms with Crippen molar-refractivity contribution in [1.82, 2.24) is 15.5 Å². The number of nitrogens with zero attached hydrogens (tertiary/aromatic N) is 1. The van der Waals surface area contributed by atoms with Crippen LogP contribution in [0.25, 0.3) is 6.08 Å². The monoisotopic (exact) mass is 461 g/mol. The molecule has 0 saturated carbocycles. The normalized spacial score (nSPS) is 16.1. The third kappa shape index (κ3) is 5.94. The predicted molar refractivity (Wildman–Crippen MR) is 120 cm³/mol. The van der Waals surface area contributed by atoms with E-state index < -0.39 is 17.0 Å². The van der Waals surface area contributed by atoms with Crippen LogP contribution >= 0.6 is 23.4 Å². The maximum absolute atomic E-state index is 13.8. The zero-order chi connectivity index (χ0) is 22.4. The number of hydrogen-bond donors (Lipinski definition) is 2. The lowest BCUT2D eigenvalue weighted by molar-refractivity contribution is -0.124. The summed E-state index contributed by atoms with van der Waals surface area (Å²) in [6.07, 6.45) is 1.36. The number of thioether (sulfide) groups is 1. The molecule has 162 valence electrons. The highest BCUT2D eigenvalue weighted by Gasteiger charge is 2.34. The molecule has 0 spiro atoms. The third-order valence-corrected chi connectivity index (χ3v) is 5.92. The lowest BCUT2D eigenvalue weighted by atomic mass is 10.1. The number of halogens is 2. The van der Waals surface area contributed by atoms with Gasteiger partial charge in [-0.05, 0) is 42.5 Å². The van der Waals surface area contributed by atoms with E-state index in [-0.39, 0.29) is 42.1 Å². The van der Waals surface area contributed by atoms with Crippen molar-refractivity contribution in [3.05, 3.63) is 75.4 Å². The highest BCUT2D eigenvalue weighted by atomic mass is 35.5. The van der Waals surface area contributed by atoms with Crippen LogP contribution in [0.5, 0.6) is 0 Å². The van der Waals surface area contributed by atoms with Crippen molar-refractivity contribution in [3.63, 3.8) is 0 Å². The molecule has 2 aromatic carbocycles. The van der Waals surface area contributed by atoms with E-state index in [1.807, 2.05) is 25.1 Å².